The second-order valence-electron chi connectivity index (χ2n) is 8.86. The Labute approximate surface area is 231 Å². The van der Waals surface area contributed by atoms with E-state index in [4.69, 9.17) is 26.5 Å². The van der Waals surface area contributed by atoms with Crippen molar-refractivity contribution in [3.8, 4) is 11.5 Å². The molecule has 200 valence electrons. The molecule has 0 spiro atoms. The fourth-order valence-corrected chi connectivity index (χ4v) is 5.19. The number of carbonyl (C=O) groups excluding carboxylic acids is 1. The van der Waals surface area contributed by atoms with E-state index in [1.54, 1.807) is 30.3 Å². The first-order chi connectivity index (χ1) is 18.4. The van der Waals surface area contributed by atoms with Crippen LogP contribution in [0.5, 0.6) is 11.5 Å². The number of thioether (sulfide) groups is 1. The Balaban J connectivity index is 1.51. The summed E-state index contributed by atoms with van der Waals surface area (Å²) in [4.78, 5) is 17.0. The Morgan fingerprint density at radius 2 is 1.87 bits per heavy atom. The number of rotatable bonds is 12. The minimum atomic E-state index is -0.501. The first-order valence-electron chi connectivity index (χ1n) is 12.7. The Morgan fingerprint density at radius 1 is 1.11 bits per heavy atom. The van der Waals surface area contributed by atoms with E-state index in [9.17, 15) is 9.18 Å². The van der Waals surface area contributed by atoms with E-state index in [1.807, 2.05) is 6.92 Å². The monoisotopic (exact) mass is 556 g/mol. The molecule has 1 N–H and O–H groups in total. The highest BCUT2D eigenvalue weighted by Crippen LogP contribution is 2.38. The molecular formula is C28H30ClFN4O3S. The number of amides is 1. The van der Waals surface area contributed by atoms with Gasteiger partial charge in [-0.3, -0.25) is 10.2 Å². The number of hydrogen-bond donors (Lipinski definition) is 1. The predicted molar refractivity (Wildman–Crippen MR) is 152 cm³/mol. The highest BCUT2D eigenvalue weighted by atomic mass is 35.5. The van der Waals surface area contributed by atoms with E-state index >= 15 is 0 Å². The standard InChI is InChI=1S/C28H30ClFN4O3S/c1-3-5-6-7-8-9-24-33-34-26(31)21(27(35)32-28(34)38-24)14-19-15-22(29)25(23(16-19)36-4-2)37-17-18-10-12-20(30)13-11-18/h10-16,31H,3-9,17H2,1-2H3/b21-14-,31-26?. The number of amidine groups is 2. The Morgan fingerprint density at radius 3 is 2.61 bits per heavy atom. The van der Waals surface area contributed by atoms with Gasteiger partial charge in [0, 0.05) is 0 Å². The van der Waals surface area contributed by atoms with Crippen LogP contribution in [0.15, 0.2) is 52.1 Å². The van der Waals surface area contributed by atoms with Gasteiger partial charge in [0.1, 0.15) is 17.5 Å². The van der Waals surface area contributed by atoms with Gasteiger partial charge in [-0.15, -0.1) is 0 Å². The lowest BCUT2D eigenvalue weighted by molar-refractivity contribution is -0.114. The van der Waals surface area contributed by atoms with Crippen molar-refractivity contribution < 1.29 is 18.7 Å². The van der Waals surface area contributed by atoms with Gasteiger partial charge in [0.25, 0.3) is 5.91 Å². The van der Waals surface area contributed by atoms with Gasteiger partial charge in [0.15, 0.2) is 17.3 Å². The molecule has 7 nitrogen and oxygen atoms in total. The highest BCUT2D eigenvalue weighted by molar-refractivity contribution is 8.26. The molecule has 1 amide bonds. The number of halogens is 2. The second-order valence-corrected chi connectivity index (χ2v) is 10.3. The van der Waals surface area contributed by atoms with Crippen molar-refractivity contribution in [3.05, 3.63) is 63.9 Å². The largest absolute Gasteiger partial charge is 0.490 e. The van der Waals surface area contributed by atoms with E-state index in [0.717, 1.165) is 29.9 Å². The third kappa shape index (κ3) is 6.82. The Hall–Kier alpha value is -3.17. The highest BCUT2D eigenvalue weighted by Gasteiger charge is 2.35. The van der Waals surface area contributed by atoms with Crippen molar-refractivity contribution in [2.45, 2.75) is 59.0 Å². The summed E-state index contributed by atoms with van der Waals surface area (Å²) in [6.07, 6.45) is 8.13. The molecular weight excluding hydrogens is 527 g/mol. The number of ether oxygens (including phenoxy) is 2. The summed E-state index contributed by atoms with van der Waals surface area (Å²) in [7, 11) is 0. The molecule has 4 rings (SSSR count). The molecule has 0 atom stereocenters. The fraction of sp³-hybridized carbons (Fsp3) is 0.357. The van der Waals surface area contributed by atoms with Crippen molar-refractivity contribution in [1.82, 2.24) is 5.01 Å². The molecule has 0 aromatic heterocycles. The van der Waals surface area contributed by atoms with Gasteiger partial charge in [0.05, 0.1) is 17.2 Å². The van der Waals surface area contributed by atoms with E-state index < -0.39 is 5.91 Å². The first-order valence-corrected chi connectivity index (χ1v) is 13.9. The van der Waals surface area contributed by atoms with Crippen molar-refractivity contribution in [2.75, 3.05) is 6.61 Å². The summed E-state index contributed by atoms with van der Waals surface area (Å²) in [5, 5.41) is 16.2. The number of nitrogens with one attached hydrogen (secondary N) is 1. The molecule has 2 aromatic rings. The predicted octanol–water partition coefficient (Wildman–Crippen LogP) is 7.44. The maximum absolute atomic E-state index is 13.2. The number of hydrogen-bond acceptors (Lipinski definition) is 6. The molecule has 0 fully saturated rings. The van der Waals surface area contributed by atoms with Crippen LogP contribution < -0.4 is 9.47 Å². The van der Waals surface area contributed by atoms with E-state index in [2.05, 4.69) is 17.0 Å². The minimum Gasteiger partial charge on any atom is -0.490 e. The molecule has 2 aromatic carbocycles. The molecule has 38 heavy (non-hydrogen) atoms. The van der Waals surface area contributed by atoms with Crippen LogP contribution in [0.25, 0.3) is 6.08 Å². The maximum Gasteiger partial charge on any atom is 0.283 e. The van der Waals surface area contributed by atoms with Crippen LogP contribution in [0.4, 0.5) is 4.39 Å². The number of unbranched alkanes of at least 4 members (excludes halogenated alkanes) is 4. The molecule has 0 bridgehead atoms. The van der Waals surface area contributed by atoms with E-state index in [-0.39, 0.29) is 28.9 Å². The topological polar surface area (TPSA) is 87.3 Å². The average Bonchev–Trinajstić information content (AvgIpc) is 3.30. The zero-order chi connectivity index (χ0) is 27.1. The summed E-state index contributed by atoms with van der Waals surface area (Å²) < 4.78 is 24.9. The van der Waals surface area contributed by atoms with Crippen LogP contribution in [0.3, 0.4) is 0 Å². The molecule has 2 aliphatic heterocycles. The average molecular weight is 557 g/mol. The molecule has 0 unspecified atom stereocenters. The van der Waals surface area contributed by atoms with Gasteiger partial charge in [-0.1, -0.05) is 56.3 Å². The van der Waals surface area contributed by atoms with Gasteiger partial charge in [0.2, 0.25) is 5.17 Å². The summed E-state index contributed by atoms with van der Waals surface area (Å²) in [6.45, 7) is 4.56. The van der Waals surface area contributed by atoms with Crippen molar-refractivity contribution in [2.24, 2.45) is 10.1 Å². The Kier molecular flexibility index (Phi) is 9.58. The van der Waals surface area contributed by atoms with Gasteiger partial charge in [-0.25, -0.2) is 4.39 Å². The summed E-state index contributed by atoms with van der Waals surface area (Å²) in [6, 6.07) is 9.33. The molecule has 0 saturated heterocycles. The quantitative estimate of drug-likeness (QED) is 0.217. The molecule has 0 saturated carbocycles. The molecule has 2 aliphatic rings. The lowest BCUT2D eigenvalue weighted by Crippen LogP contribution is -2.35. The number of carbonyl (C=O) groups is 1. The molecule has 2 heterocycles. The molecule has 10 heteroatoms. The van der Waals surface area contributed by atoms with Gasteiger partial charge < -0.3 is 9.47 Å². The zero-order valence-corrected chi connectivity index (χ0v) is 23.0. The summed E-state index contributed by atoms with van der Waals surface area (Å²) in [5.41, 5.74) is 1.45. The van der Waals surface area contributed by atoms with Crippen LogP contribution in [-0.2, 0) is 11.4 Å². The zero-order valence-electron chi connectivity index (χ0n) is 21.4. The van der Waals surface area contributed by atoms with E-state index in [1.165, 1.54) is 48.2 Å². The third-order valence-electron chi connectivity index (χ3n) is 5.93. The minimum absolute atomic E-state index is 0.0285. The number of fused-ring (bicyclic) bond motifs is 1. The second kappa shape index (κ2) is 13.1. The number of hydrazone groups is 1. The number of aliphatic imine (C=N–C) groups is 1. The fourth-order valence-electron chi connectivity index (χ4n) is 3.99. The lowest BCUT2D eigenvalue weighted by Gasteiger charge is -2.20. The third-order valence-corrected chi connectivity index (χ3v) is 7.18. The number of benzene rings is 2. The normalized spacial score (nSPS) is 16.0. The molecule has 0 aliphatic carbocycles. The van der Waals surface area contributed by atoms with E-state index in [0.29, 0.717) is 28.8 Å². The summed E-state index contributed by atoms with van der Waals surface area (Å²) >= 11 is 7.90. The van der Waals surface area contributed by atoms with Crippen molar-refractivity contribution in [3.63, 3.8) is 0 Å². The van der Waals surface area contributed by atoms with Gasteiger partial charge in [-0.05, 0) is 73.0 Å². The SMILES string of the molecule is CCCCCCCC1=NN2C(=N)/C(=C/c3cc(Cl)c(OCc4ccc(F)cc4)c(OCC)c3)C(=O)N=C2S1. The van der Waals surface area contributed by atoms with Crippen LogP contribution in [0.1, 0.15) is 63.5 Å². The van der Waals surface area contributed by atoms with Crippen LogP contribution in [-0.4, -0.2) is 33.6 Å². The van der Waals surface area contributed by atoms with Crippen LogP contribution in [0.2, 0.25) is 5.02 Å². The van der Waals surface area contributed by atoms with Crippen molar-refractivity contribution in [1.29, 1.82) is 5.41 Å². The van der Waals surface area contributed by atoms with Crippen LogP contribution >= 0.6 is 23.4 Å². The molecule has 0 radical (unpaired) electrons. The lowest BCUT2D eigenvalue weighted by atomic mass is 10.1. The first kappa shape index (κ1) is 27.9. The van der Waals surface area contributed by atoms with Gasteiger partial charge in [-0.2, -0.15) is 15.1 Å². The van der Waals surface area contributed by atoms with Crippen LogP contribution in [0, 0.1) is 11.2 Å². The smallest absolute Gasteiger partial charge is 0.283 e. The Bertz CT molecular complexity index is 1290. The van der Waals surface area contributed by atoms with Gasteiger partial charge >= 0.3 is 0 Å². The summed E-state index contributed by atoms with van der Waals surface area (Å²) in [5.74, 6) is -0.115. The number of nitrogens with zero attached hydrogens (tertiary/aromatic N) is 3. The van der Waals surface area contributed by atoms with Crippen molar-refractivity contribution >= 4 is 51.4 Å². The maximum atomic E-state index is 13.2.